The van der Waals surface area contributed by atoms with E-state index in [1.807, 2.05) is 90.8 Å². The monoisotopic (exact) mass is 459 g/mol. The number of methoxy groups -OCH3 is 2. The number of urea groups is 1. The lowest BCUT2D eigenvalue weighted by Gasteiger charge is -2.28. The van der Waals surface area contributed by atoms with E-state index in [9.17, 15) is 9.59 Å². The number of rotatable bonds is 9. The van der Waals surface area contributed by atoms with Gasteiger partial charge in [0.15, 0.2) is 17.0 Å². The third-order valence-electron chi connectivity index (χ3n) is 6.13. The average molecular weight is 460 g/mol. The molecule has 0 spiro atoms. The first-order chi connectivity index (χ1) is 16.5. The van der Waals surface area contributed by atoms with Crippen molar-refractivity contribution in [1.82, 2.24) is 15.1 Å². The van der Waals surface area contributed by atoms with Gasteiger partial charge < -0.3 is 14.8 Å². The first-order valence-electron chi connectivity index (χ1n) is 11.1. The Labute approximate surface area is 199 Å². The minimum absolute atomic E-state index is 0.180. The van der Waals surface area contributed by atoms with Crippen LogP contribution in [0.25, 0.3) is 0 Å². The van der Waals surface area contributed by atoms with Gasteiger partial charge in [-0.1, -0.05) is 66.7 Å². The summed E-state index contributed by atoms with van der Waals surface area (Å²) in [4.78, 5) is 30.1. The Kier molecular flexibility index (Phi) is 6.84. The predicted molar refractivity (Wildman–Crippen MR) is 130 cm³/mol. The lowest BCUT2D eigenvalue weighted by molar-refractivity contribution is -0.131. The van der Waals surface area contributed by atoms with Crippen LogP contribution < -0.4 is 14.8 Å². The second-order valence-electron chi connectivity index (χ2n) is 8.31. The number of hydrogen-bond donors (Lipinski definition) is 1. The van der Waals surface area contributed by atoms with Gasteiger partial charge in [0.2, 0.25) is 0 Å². The highest BCUT2D eigenvalue weighted by Gasteiger charge is 2.53. The topological polar surface area (TPSA) is 71.1 Å². The molecule has 0 aliphatic carbocycles. The Balaban J connectivity index is 1.52. The zero-order chi connectivity index (χ0) is 24.1. The smallest absolute Gasteiger partial charge is 0.326 e. The number of imide groups is 1. The van der Waals surface area contributed by atoms with Crippen LogP contribution in [0.5, 0.6) is 11.5 Å². The van der Waals surface area contributed by atoms with Gasteiger partial charge in [0.25, 0.3) is 5.91 Å². The predicted octanol–water partition coefficient (Wildman–Crippen LogP) is 3.63. The number of benzene rings is 3. The van der Waals surface area contributed by atoms with E-state index < -0.39 is 11.6 Å². The maximum Gasteiger partial charge on any atom is 0.326 e. The Morgan fingerprint density at radius 1 is 0.853 bits per heavy atom. The van der Waals surface area contributed by atoms with Crippen molar-refractivity contribution in [3.63, 3.8) is 0 Å². The standard InChI is InChI=1S/C27H29N3O4/c1-29(17-16-20-14-15-23(33-2)24(18-20)34-3)19-30-25(31)27(28-26(30)32,21-10-6-4-7-11-21)22-12-8-5-9-13-22/h4-15,18H,16-17,19H2,1-3H3,(H,28,32). The molecule has 0 atom stereocenters. The zero-order valence-corrected chi connectivity index (χ0v) is 19.7. The molecule has 176 valence electrons. The molecule has 0 saturated carbocycles. The first kappa shape index (κ1) is 23.3. The number of carbonyl (C=O) groups is 2. The lowest BCUT2D eigenvalue weighted by atomic mass is 9.83. The molecule has 7 heteroatoms. The molecule has 3 aromatic rings. The van der Waals surface area contributed by atoms with E-state index >= 15 is 0 Å². The molecule has 0 radical (unpaired) electrons. The molecule has 7 nitrogen and oxygen atoms in total. The third kappa shape index (κ3) is 4.34. The van der Waals surface area contributed by atoms with E-state index in [0.29, 0.717) is 18.0 Å². The van der Waals surface area contributed by atoms with Crippen LogP contribution >= 0.6 is 0 Å². The molecule has 1 heterocycles. The molecule has 4 rings (SSSR count). The molecule has 1 fully saturated rings. The van der Waals surface area contributed by atoms with Crippen molar-refractivity contribution in [1.29, 1.82) is 0 Å². The summed E-state index contributed by atoms with van der Waals surface area (Å²) in [6, 6.07) is 24.1. The average Bonchev–Trinajstić information content (AvgIpc) is 3.14. The first-order valence-corrected chi connectivity index (χ1v) is 11.1. The summed E-state index contributed by atoms with van der Waals surface area (Å²) in [6.07, 6.45) is 0.725. The molecule has 3 amide bonds. The van der Waals surface area contributed by atoms with Gasteiger partial charge in [0, 0.05) is 6.54 Å². The van der Waals surface area contributed by atoms with Crippen LogP contribution in [-0.4, -0.2) is 56.2 Å². The minimum atomic E-state index is -1.25. The van der Waals surface area contributed by atoms with Gasteiger partial charge >= 0.3 is 6.03 Å². The second-order valence-corrected chi connectivity index (χ2v) is 8.31. The Bertz CT molecular complexity index is 1110. The summed E-state index contributed by atoms with van der Waals surface area (Å²) in [5, 5.41) is 2.99. The molecule has 1 aliphatic heterocycles. The van der Waals surface area contributed by atoms with Crippen molar-refractivity contribution in [2.24, 2.45) is 0 Å². The Morgan fingerprint density at radius 2 is 1.44 bits per heavy atom. The summed E-state index contributed by atoms with van der Waals surface area (Å²) >= 11 is 0. The molecule has 1 N–H and O–H groups in total. The molecule has 1 saturated heterocycles. The largest absolute Gasteiger partial charge is 0.493 e. The number of nitrogens with one attached hydrogen (secondary N) is 1. The van der Waals surface area contributed by atoms with Crippen molar-refractivity contribution >= 4 is 11.9 Å². The lowest BCUT2D eigenvalue weighted by Crippen LogP contribution is -2.46. The van der Waals surface area contributed by atoms with E-state index in [-0.39, 0.29) is 12.6 Å². The van der Waals surface area contributed by atoms with Crippen LogP contribution in [0.4, 0.5) is 4.79 Å². The van der Waals surface area contributed by atoms with E-state index in [0.717, 1.165) is 23.1 Å². The maximum atomic E-state index is 13.8. The third-order valence-corrected chi connectivity index (χ3v) is 6.13. The Morgan fingerprint density at radius 3 is 2.00 bits per heavy atom. The van der Waals surface area contributed by atoms with E-state index in [2.05, 4.69) is 5.32 Å². The van der Waals surface area contributed by atoms with Crippen LogP contribution in [0.1, 0.15) is 16.7 Å². The van der Waals surface area contributed by atoms with Gasteiger partial charge in [-0.3, -0.25) is 9.69 Å². The van der Waals surface area contributed by atoms with Gasteiger partial charge in [-0.05, 0) is 42.3 Å². The number of nitrogens with zero attached hydrogens (tertiary/aromatic N) is 2. The van der Waals surface area contributed by atoms with Gasteiger partial charge in [-0.25, -0.2) is 9.69 Å². The number of hydrogen-bond acceptors (Lipinski definition) is 5. The van der Waals surface area contributed by atoms with Gasteiger partial charge in [-0.2, -0.15) is 0 Å². The second kappa shape index (κ2) is 9.97. The van der Waals surface area contributed by atoms with Crippen molar-refractivity contribution in [3.8, 4) is 11.5 Å². The maximum absolute atomic E-state index is 13.8. The summed E-state index contributed by atoms with van der Waals surface area (Å²) < 4.78 is 10.7. The molecule has 34 heavy (non-hydrogen) atoms. The fraction of sp³-hybridized carbons (Fsp3) is 0.259. The van der Waals surface area contributed by atoms with E-state index in [1.165, 1.54) is 4.90 Å². The Hall–Kier alpha value is -3.84. The highest BCUT2D eigenvalue weighted by molar-refractivity contribution is 6.09. The van der Waals surface area contributed by atoms with Crippen LogP contribution in [-0.2, 0) is 16.8 Å². The van der Waals surface area contributed by atoms with Gasteiger partial charge in [-0.15, -0.1) is 0 Å². The van der Waals surface area contributed by atoms with Crippen LogP contribution in [0.2, 0.25) is 0 Å². The van der Waals surface area contributed by atoms with Crippen molar-refractivity contribution in [2.75, 3.05) is 34.5 Å². The number of ether oxygens (including phenoxy) is 2. The summed E-state index contributed by atoms with van der Waals surface area (Å²) in [5.74, 6) is 1.07. The quantitative estimate of drug-likeness (QED) is 0.495. The fourth-order valence-corrected chi connectivity index (χ4v) is 4.31. The minimum Gasteiger partial charge on any atom is -0.493 e. The molecular weight excluding hydrogens is 430 g/mol. The molecule has 1 aliphatic rings. The fourth-order valence-electron chi connectivity index (χ4n) is 4.31. The highest BCUT2D eigenvalue weighted by atomic mass is 16.5. The van der Waals surface area contributed by atoms with Crippen LogP contribution in [0.15, 0.2) is 78.9 Å². The zero-order valence-electron chi connectivity index (χ0n) is 19.7. The summed E-state index contributed by atoms with van der Waals surface area (Å²) in [6.45, 7) is 0.829. The van der Waals surface area contributed by atoms with E-state index in [4.69, 9.17) is 9.47 Å². The molecule has 0 unspecified atom stereocenters. The number of carbonyl (C=O) groups excluding carboxylic acids is 2. The summed E-state index contributed by atoms with van der Waals surface area (Å²) in [7, 11) is 5.11. The van der Waals surface area contributed by atoms with Crippen LogP contribution in [0, 0.1) is 0 Å². The molecule has 3 aromatic carbocycles. The SMILES string of the molecule is COc1ccc(CCN(C)CN2C(=O)NC(c3ccccc3)(c3ccccc3)C2=O)cc1OC. The number of likely N-dealkylation sites (N-methyl/N-ethyl adjacent to an activating group) is 1. The van der Waals surface area contributed by atoms with Gasteiger partial charge in [0.05, 0.1) is 20.9 Å². The molecule has 0 aromatic heterocycles. The highest BCUT2D eigenvalue weighted by Crippen LogP contribution is 2.36. The van der Waals surface area contributed by atoms with Crippen LogP contribution in [0.3, 0.4) is 0 Å². The normalized spacial score (nSPS) is 14.9. The molecule has 0 bridgehead atoms. The molecular formula is C27H29N3O4. The van der Waals surface area contributed by atoms with Gasteiger partial charge in [0.1, 0.15) is 0 Å². The van der Waals surface area contributed by atoms with Crippen molar-refractivity contribution < 1.29 is 19.1 Å². The summed E-state index contributed by atoms with van der Waals surface area (Å²) in [5.41, 5.74) is 1.29. The van der Waals surface area contributed by atoms with Crippen molar-refractivity contribution in [2.45, 2.75) is 12.0 Å². The van der Waals surface area contributed by atoms with Crippen molar-refractivity contribution in [3.05, 3.63) is 95.6 Å². The van der Waals surface area contributed by atoms with E-state index in [1.54, 1.807) is 14.2 Å². The number of amides is 3.